The second-order valence-electron chi connectivity index (χ2n) is 6.97. The molecule has 0 spiro atoms. The summed E-state index contributed by atoms with van der Waals surface area (Å²) in [6, 6.07) is 22.0. The van der Waals surface area contributed by atoms with E-state index in [1.54, 1.807) is 24.3 Å². The van der Waals surface area contributed by atoms with E-state index in [-0.39, 0.29) is 10.7 Å². The van der Waals surface area contributed by atoms with Crippen LogP contribution >= 0.6 is 0 Å². The quantitative estimate of drug-likeness (QED) is 0.458. The smallest absolute Gasteiger partial charge is 0.263 e. The van der Waals surface area contributed by atoms with Gasteiger partial charge in [0, 0.05) is 5.69 Å². The van der Waals surface area contributed by atoms with Gasteiger partial charge in [-0.15, -0.1) is 0 Å². The molecule has 6 nitrogen and oxygen atoms in total. The van der Waals surface area contributed by atoms with Crippen molar-refractivity contribution >= 4 is 38.4 Å². The molecule has 0 saturated carbocycles. The predicted octanol–water partition coefficient (Wildman–Crippen LogP) is 5.05. The van der Waals surface area contributed by atoms with Crippen LogP contribution in [0.4, 0.5) is 17.3 Å². The van der Waals surface area contributed by atoms with Crippen LogP contribution in [-0.4, -0.2) is 18.4 Å². The normalized spacial score (nSPS) is 11.4. The fourth-order valence-electron chi connectivity index (χ4n) is 3.21. The maximum absolute atomic E-state index is 13.0. The van der Waals surface area contributed by atoms with Gasteiger partial charge in [0.1, 0.15) is 0 Å². The average molecular weight is 419 g/mol. The highest BCUT2D eigenvalue weighted by atomic mass is 32.2. The summed E-state index contributed by atoms with van der Waals surface area (Å²) in [6.07, 6.45) is 0.828. The molecule has 0 aliphatic heterocycles. The number of sulfonamides is 1. The molecular weight excluding hydrogens is 396 g/mol. The van der Waals surface area contributed by atoms with E-state index in [0.717, 1.165) is 23.2 Å². The van der Waals surface area contributed by atoms with E-state index in [0.29, 0.717) is 16.9 Å². The first kappa shape index (κ1) is 19.8. The van der Waals surface area contributed by atoms with E-state index in [1.165, 1.54) is 0 Å². The molecule has 0 aliphatic rings. The number of aromatic nitrogens is 2. The maximum atomic E-state index is 13.0. The van der Waals surface area contributed by atoms with Gasteiger partial charge < -0.3 is 5.32 Å². The van der Waals surface area contributed by atoms with Crippen LogP contribution in [0.15, 0.2) is 77.7 Å². The number of hydrogen-bond acceptors (Lipinski definition) is 5. The van der Waals surface area contributed by atoms with E-state index < -0.39 is 10.0 Å². The molecule has 1 aromatic heterocycles. The Hall–Kier alpha value is -3.45. The van der Waals surface area contributed by atoms with Crippen molar-refractivity contribution in [3.63, 3.8) is 0 Å². The summed E-state index contributed by atoms with van der Waals surface area (Å²) in [5, 5.41) is 3.27. The van der Waals surface area contributed by atoms with Gasteiger partial charge in [-0.2, -0.15) is 0 Å². The highest BCUT2D eigenvalue weighted by Crippen LogP contribution is 2.28. The second-order valence-corrected chi connectivity index (χ2v) is 8.65. The summed E-state index contributed by atoms with van der Waals surface area (Å²) in [6.45, 7) is 3.91. The number of rotatable bonds is 6. The standard InChI is InChI=1S/C23H22N4O2S/c1-3-17-10-4-5-12-19(17)24-22-23(26-21-14-7-6-13-20(21)25-22)27-30(28,29)18-11-8-9-16(2)15-18/h4-15H,3H2,1-2H3,(H,24,25)(H,26,27). The predicted molar refractivity (Wildman–Crippen MR) is 121 cm³/mol. The molecule has 30 heavy (non-hydrogen) atoms. The van der Waals surface area contributed by atoms with Crippen LogP contribution in [0.5, 0.6) is 0 Å². The Morgan fingerprint density at radius 3 is 2.20 bits per heavy atom. The Balaban J connectivity index is 1.80. The minimum absolute atomic E-state index is 0.154. The minimum Gasteiger partial charge on any atom is -0.337 e. The van der Waals surface area contributed by atoms with Crippen molar-refractivity contribution in [3.05, 3.63) is 83.9 Å². The largest absolute Gasteiger partial charge is 0.337 e. The molecule has 0 saturated heterocycles. The Morgan fingerprint density at radius 2 is 1.50 bits per heavy atom. The third kappa shape index (κ3) is 4.11. The van der Waals surface area contributed by atoms with Gasteiger partial charge >= 0.3 is 0 Å². The summed E-state index contributed by atoms with van der Waals surface area (Å²) in [5.74, 6) is 0.506. The lowest BCUT2D eigenvalue weighted by molar-refractivity contribution is 0.601. The fourth-order valence-corrected chi connectivity index (χ4v) is 4.32. The molecule has 0 fully saturated rings. The lowest BCUT2D eigenvalue weighted by Gasteiger charge is -2.15. The van der Waals surface area contributed by atoms with Crippen LogP contribution in [-0.2, 0) is 16.4 Å². The molecule has 3 aromatic carbocycles. The van der Waals surface area contributed by atoms with E-state index in [9.17, 15) is 8.42 Å². The first-order chi connectivity index (χ1) is 14.5. The van der Waals surface area contributed by atoms with Gasteiger partial charge in [-0.05, 0) is 54.8 Å². The zero-order valence-corrected chi connectivity index (χ0v) is 17.6. The molecule has 7 heteroatoms. The molecule has 0 aliphatic carbocycles. The number of aryl methyl sites for hydroxylation is 2. The fraction of sp³-hybridized carbons (Fsp3) is 0.130. The molecular formula is C23H22N4O2S. The summed E-state index contributed by atoms with van der Waals surface area (Å²) < 4.78 is 28.6. The van der Waals surface area contributed by atoms with Gasteiger partial charge in [-0.25, -0.2) is 18.4 Å². The second kappa shape index (κ2) is 8.12. The molecule has 1 heterocycles. The van der Waals surface area contributed by atoms with Crippen molar-refractivity contribution in [2.75, 3.05) is 10.0 Å². The molecule has 0 atom stereocenters. The van der Waals surface area contributed by atoms with Crippen LogP contribution in [0.2, 0.25) is 0 Å². The number of hydrogen-bond donors (Lipinski definition) is 2. The Morgan fingerprint density at radius 1 is 0.833 bits per heavy atom. The summed E-state index contributed by atoms with van der Waals surface area (Å²) >= 11 is 0. The molecule has 4 rings (SSSR count). The third-order valence-electron chi connectivity index (χ3n) is 4.75. The van der Waals surface area contributed by atoms with E-state index in [1.807, 2.05) is 55.5 Å². The molecule has 0 bridgehead atoms. The Kier molecular flexibility index (Phi) is 5.37. The number of para-hydroxylation sites is 3. The number of anilines is 3. The molecule has 2 N–H and O–H groups in total. The Bertz CT molecular complexity index is 1320. The van der Waals surface area contributed by atoms with Crippen LogP contribution in [0, 0.1) is 6.92 Å². The zero-order chi connectivity index (χ0) is 21.1. The van der Waals surface area contributed by atoms with E-state index in [2.05, 4.69) is 26.9 Å². The zero-order valence-electron chi connectivity index (χ0n) is 16.8. The summed E-state index contributed by atoms with van der Waals surface area (Å²) in [5.41, 5.74) is 4.10. The van der Waals surface area contributed by atoms with Gasteiger partial charge in [-0.3, -0.25) is 4.72 Å². The third-order valence-corrected chi connectivity index (χ3v) is 6.09. The van der Waals surface area contributed by atoms with Gasteiger partial charge in [0.15, 0.2) is 11.6 Å². The van der Waals surface area contributed by atoms with Gasteiger partial charge in [0.05, 0.1) is 15.9 Å². The van der Waals surface area contributed by atoms with Gasteiger partial charge in [0.2, 0.25) is 0 Å². The average Bonchev–Trinajstić information content (AvgIpc) is 2.74. The van der Waals surface area contributed by atoms with Crippen molar-refractivity contribution in [1.29, 1.82) is 0 Å². The van der Waals surface area contributed by atoms with Gasteiger partial charge in [-0.1, -0.05) is 49.4 Å². The first-order valence-electron chi connectivity index (χ1n) is 9.67. The van der Waals surface area contributed by atoms with E-state index >= 15 is 0 Å². The van der Waals surface area contributed by atoms with Crippen LogP contribution in [0.1, 0.15) is 18.1 Å². The number of benzene rings is 3. The van der Waals surface area contributed by atoms with Crippen molar-refractivity contribution in [2.24, 2.45) is 0 Å². The minimum atomic E-state index is -3.83. The molecule has 4 aromatic rings. The number of nitrogens with one attached hydrogen (secondary N) is 2. The van der Waals surface area contributed by atoms with Crippen molar-refractivity contribution < 1.29 is 8.42 Å². The molecule has 0 radical (unpaired) electrons. The maximum Gasteiger partial charge on any atom is 0.263 e. The molecule has 0 amide bonds. The number of nitrogens with zero attached hydrogens (tertiary/aromatic N) is 2. The van der Waals surface area contributed by atoms with Gasteiger partial charge in [0.25, 0.3) is 10.0 Å². The molecule has 0 unspecified atom stereocenters. The topological polar surface area (TPSA) is 84.0 Å². The molecule has 152 valence electrons. The van der Waals surface area contributed by atoms with Crippen LogP contribution < -0.4 is 10.0 Å². The van der Waals surface area contributed by atoms with Crippen LogP contribution in [0.3, 0.4) is 0 Å². The highest BCUT2D eigenvalue weighted by Gasteiger charge is 2.19. The lowest BCUT2D eigenvalue weighted by atomic mass is 10.1. The first-order valence-corrected chi connectivity index (χ1v) is 11.2. The lowest BCUT2D eigenvalue weighted by Crippen LogP contribution is -2.16. The highest BCUT2D eigenvalue weighted by molar-refractivity contribution is 7.92. The summed E-state index contributed by atoms with van der Waals surface area (Å²) in [4.78, 5) is 9.36. The van der Waals surface area contributed by atoms with Crippen molar-refractivity contribution in [2.45, 2.75) is 25.2 Å². The Labute approximate surface area is 176 Å². The van der Waals surface area contributed by atoms with Crippen molar-refractivity contribution in [3.8, 4) is 0 Å². The monoisotopic (exact) mass is 418 g/mol. The van der Waals surface area contributed by atoms with Crippen LogP contribution in [0.25, 0.3) is 11.0 Å². The SMILES string of the molecule is CCc1ccccc1Nc1nc2ccccc2nc1NS(=O)(=O)c1cccc(C)c1. The number of fused-ring (bicyclic) bond motifs is 1. The summed E-state index contributed by atoms with van der Waals surface area (Å²) in [7, 11) is -3.83. The van der Waals surface area contributed by atoms with E-state index in [4.69, 9.17) is 0 Å². The van der Waals surface area contributed by atoms with Crippen molar-refractivity contribution in [1.82, 2.24) is 9.97 Å².